The Balaban J connectivity index is 1.67. The van der Waals surface area contributed by atoms with E-state index in [9.17, 15) is 8.42 Å². The van der Waals surface area contributed by atoms with E-state index in [0.717, 1.165) is 36.5 Å². The molecule has 5 nitrogen and oxygen atoms in total. The van der Waals surface area contributed by atoms with Crippen LogP contribution in [0.3, 0.4) is 0 Å². The van der Waals surface area contributed by atoms with E-state index in [1.807, 2.05) is 30.8 Å². The molecule has 2 heterocycles. The van der Waals surface area contributed by atoms with Gasteiger partial charge in [0.05, 0.1) is 5.75 Å². The predicted octanol–water partition coefficient (Wildman–Crippen LogP) is 3.03. The van der Waals surface area contributed by atoms with Gasteiger partial charge in [-0.1, -0.05) is 19.4 Å². The van der Waals surface area contributed by atoms with E-state index in [2.05, 4.69) is 6.07 Å². The molecular formula is C16H23NO4S2. The zero-order valence-electron chi connectivity index (χ0n) is 13.4. The lowest BCUT2D eigenvalue weighted by Gasteiger charge is -2.19. The average Bonchev–Trinajstić information content (AvgIpc) is 2.86. The summed E-state index contributed by atoms with van der Waals surface area (Å²) in [6.45, 7) is 3.50. The fourth-order valence-corrected chi connectivity index (χ4v) is 5.87. The molecule has 1 aromatic rings. The molecule has 0 aliphatic carbocycles. The summed E-state index contributed by atoms with van der Waals surface area (Å²) >= 11 is 1.82. The molecule has 1 fully saturated rings. The van der Waals surface area contributed by atoms with Crippen LogP contribution in [0.4, 0.5) is 0 Å². The van der Waals surface area contributed by atoms with E-state index in [0.29, 0.717) is 18.3 Å². The molecule has 0 spiro atoms. The number of unbranched alkanes of at least 4 members (excludes halogenated alkanes) is 1. The number of rotatable bonds is 5. The van der Waals surface area contributed by atoms with Crippen molar-refractivity contribution >= 4 is 21.8 Å². The summed E-state index contributed by atoms with van der Waals surface area (Å²) in [4.78, 5) is 0. The van der Waals surface area contributed by atoms with Crippen molar-refractivity contribution in [2.24, 2.45) is 0 Å². The number of fused-ring (bicyclic) bond motifs is 1. The molecular weight excluding hydrogens is 334 g/mol. The van der Waals surface area contributed by atoms with Crippen LogP contribution < -0.4 is 9.47 Å². The Morgan fingerprint density at radius 2 is 2.09 bits per heavy atom. The van der Waals surface area contributed by atoms with Crippen LogP contribution in [0, 0.1) is 0 Å². The molecule has 0 aromatic heterocycles. The zero-order valence-corrected chi connectivity index (χ0v) is 15.0. The van der Waals surface area contributed by atoms with E-state index in [1.54, 1.807) is 4.31 Å². The Bertz CT molecular complexity index is 647. The quantitative estimate of drug-likeness (QED) is 0.811. The first-order valence-electron chi connectivity index (χ1n) is 8.09. The van der Waals surface area contributed by atoms with Gasteiger partial charge in [0.25, 0.3) is 0 Å². The number of sulfonamides is 1. The summed E-state index contributed by atoms with van der Waals surface area (Å²) in [7, 11) is -3.11. The minimum absolute atomic E-state index is 0.267. The summed E-state index contributed by atoms with van der Waals surface area (Å²) in [5.74, 6) is 2.67. The van der Waals surface area contributed by atoms with E-state index in [-0.39, 0.29) is 12.5 Å². The van der Waals surface area contributed by atoms with Gasteiger partial charge < -0.3 is 9.47 Å². The number of thioether (sulfide) groups is 1. The van der Waals surface area contributed by atoms with Crippen LogP contribution in [0.25, 0.3) is 0 Å². The normalized spacial score (nSPS) is 22.0. The summed E-state index contributed by atoms with van der Waals surface area (Å²) in [6.07, 6.45) is 2.47. The van der Waals surface area contributed by atoms with E-state index in [1.165, 1.54) is 5.56 Å². The van der Waals surface area contributed by atoms with Gasteiger partial charge in [-0.15, -0.1) is 0 Å². The Labute approximate surface area is 142 Å². The van der Waals surface area contributed by atoms with Crippen molar-refractivity contribution in [2.45, 2.75) is 31.4 Å². The maximum Gasteiger partial charge on any atom is 0.231 e. The third-order valence-corrected chi connectivity index (χ3v) is 7.50. The maximum absolute atomic E-state index is 12.4. The smallest absolute Gasteiger partial charge is 0.231 e. The van der Waals surface area contributed by atoms with Gasteiger partial charge in [0.1, 0.15) is 0 Å². The summed E-state index contributed by atoms with van der Waals surface area (Å²) in [5.41, 5.74) is 1.19. The zero-order chi connectivity index (χ0) is 16.3. The van der Waals surface area contributed by atoms with Crippen molar-refractivity contribution in [1.29, 1.82) is 0 Å². The average molecular weight is 357 g/mol. The van der Waals surface area contributed by atoms with Crippen molar-refractivity contribution in [1.82, 2.24) is 4.31 Å². The van der Waals surface area contributed by atoms with Gasteiger partial charge in [-0.3, -0.25) is 0 Å². The van der Waals surface area contributed by atoms with Gasteiger partial charge in [0.2, 0.25) is 16.8 Å². The molecule has 7 heteroatoms. The standard InChI is InChI=1S/C16H23NO4S2/c1-2-3-10-23(18,19)17-7-6-16(22-9-8-17)13-4-5-14-15(11-13)21-12-20-14/h4-5,11,16H,2-3,6-10,12H2,1H3. The topological polar surface area (TPSA) is 55.8 Å². The summed E-state index contributed by atoms with van der Waals surface area (Å²) in [5, 5.41) is 0.302. The molecule has 23 heavy (non-hydrogen) atoms. The molecule has 1 unspecified atom stereocenters. The minimum Gasteiger partial charge on any atom is -0.454 e. The lowest BCUT2D eigenvalue weighted by molar-refractivity contribution is 0.174. The van der Waals surface area contributed by atoms with Crippen molar-refractivity contribution in [3.05, 3.63) is 23.8 Å². The van der Waals surface area contributed by atoms with Gasteiger partial charge in [0.15, 0.2) is 11.5 Å². The fourth-order valence-electron chi connectivity index (χ4n) is 2.86. The van der Waals surface area contributed by atoms with Crippen LogP contribution in [-0.4, -0.2) is 44.1 Å². The molecule has 0 radical (unpaired) electrons. The molecule has 2 aliphatic rings. The first-order valence-corrected chi connectivity index (χ1v) is 10.7. The van der Waals surface area contributed by atoms with Gasteiger partial charge in [-0.05, 0) is 30.5 Å². The van der Waals surface area contributed by atoms with Gasteiger partial charge >= 0.3 is 0 Å². The predicted molar refractivity (Wildman–Crippen MR) is 92.6 cm³/mol. The Hall–Kier alpha value is -0.920. The lowest BCUT2D eigenvalue weighted by Crippen LogP contribution is -2.34. The van der Waals surface area contributed by atoms with Crippen LogP contribution >= 0.6 is 11.8 Å². The minimum atomic E-state index is -3.11. The number of ether oxygens (including phenoxy) is 2. The Morgan fingerprint density at radius 1 is 1.26 bits per heavy atom. The SMILES string of the molecule is CCCCS(=O)(=O)N1CCSC(c2ccc3c(c2)OCO3)CC1. The highest BCUT2D eigenvalue weighted by molar-refractivity contribution is 7.99. The van der Waals surface area contributed by atoms with Crippen LogP contribution in [0.15, 0.2) is 18.2 Å². The van der Waals surface area contributed by atoms with Crippen LogP contribution in [0.2, 0.25) is 0 Å². The van der Waals surface area contributed by atoms with Gasteiger partial charge in [-0.25, -0.2) is 12.7 Å². The fraction of sp³-hybridized carbons (Fsp3) is 0.625. The highest BCUT2D eigenvalue weighted by Crippen LogP contribution is 2.40. The molecule has 1 saturated heterocycles. The number of benzene rings is 1. The summed E-state index contributed by atoms with van der Waals surface area (Å²) < 4.78 is 37.2. The monoisotopic (exact) mass is 357 g/mol. The Morgan fingerprint density at radius 3 is 2.91 bits per heavy atom. The van der Waals surface area contributed by atoms with E-state index >= 15 is 0 Å². The number of hydrogen-bond acceptors (Lipinski definition) is 5. The van der Waals surface area contributed by atoms with E-state index < -0.39 is 10.0 Å². The molecule has 1 atom stereocenters. The van der Waals surface area contributed by atoms with Crippen molar-refractivity contribution in [2.75, 3.05) is 31.4 Å². The molecule has 0 bridgehead atoms. The third kappa shape index (κ3) is 3.95. The molecule has 3 rings (SSSR count). The maximum atomic E-state index is 12.4. The van der Waals surface area contributed by atoms with Crippen molar-refractivity contribution < 1.29 is 17.9 Å². The van der Waals surface area contributed by atoms with Crippen molar-refractivity contribution in [3.63, 3.8) is 0 Å². The second-order valence-electron chi connectivity index (χ2n) is 5.83. The number of nitrogens with zero attached hydrogens (tertiary/aromatic N) is 1. The molecule has 0 N–H and O–H groups in total. The second kappa shape index (κ2) is 7.32. The molecule has 0 saturated carbocycles. The first kappa shape index (κ1) is 16.9. The van der Waals surface area contributed by atoms with Crippen LogP contribution in [0.5, 0.6) is 11.5 Å². The lowest BCUT2D eigenvalue weighted by atomic mass is 10.1. The highest BCUT2D eigenvalue weighted by Gasteiger charge is 2.27. The third-order valence-electron chi connectivity index (χ3n) is 4.22. The second-order valence-corrected chi connectivity index (χ2v) is 9.23. The van der Waals surface area contributed by atoms with Gasteiger partial charge in [-0.2, -0.15) is 11.8 Å². The molecule has 128 valence electrons. The van der Waals surface area contributed by atoms with E-state index in [4.69, 9.17) is 9.47 Å². The largest absolute Gasteiger partial charge is 0.454 e. The molecule has 0 amide bonds. The Kier molecular flexibility index (Phi) is 5.38. The van der Waals surface area contributed by atoms with Gasteiger partial charge in [0, 0.05) is 24.1 Å². The summed E-state index contributed by atoms with van der Waals surface area (Å²) in [6, 6.07) is 6.03. The highest BCUT2D eigenvalue weighted by atomic mass is 32.2. The first-order chi connectivity index (χ1) is 11.1. The molecule has 2 aliphatic heterocycles. The van der Waals surface area contributed by atoms with Crippen LogP contribution in [0.1, 0.15) is 37.0 Å². The number of hydrogen-bond donors (Lipinski definition) is 0. The molecule has 1 aromatic carbocycles. The van der Waals surface area contributed by atoms with Crippen molar-refractivity contribution in [3.8, 4) is 11.5 Å². The van der Waals surface area contributed by atoms with Crippen LogP contribution in [-0.2, 0) is 10.0 Å².